The number of carboxylic acid groups (broad SMARTS) is 2. The quantitative estimate of drug-likeness (QED) is 0.600. The minimum absolute atomic E-state index is 0. The zero-order valence-electron chi connectivity index (χ0n) is 2.16. The van der Waals surface area contributed by atoms with Crippen LogP contribution in [0.4, 0.5) is 4.79 Å². The molecule has 0 aliphatic rings. The van der Waals surface area contributed by atoms with Crippen LogP contribution in [0.15, 0.2) is 0 Å². The molecule has 0 radical (unpaired) electrons. The molecule has 0 saturated carbocycles. The molecular formula is CH3ArCsO3. The van der Waals surface area contributed by atoms with Crippen LogP contribution in [0.5, 0.6) is 0 Å². The standard InChI is InChI=1S/CH2O3.Ar.Cs.H/c2-1(3)4;;;/h(H2,2,3,4);;;. The van der Waals surface area contributed by atoms with Crippen molar-refractivity contribution in [1.29, 1.82) is 0 Å². The van der Waals surface area contributed by atoms with Crippen LogP contribution < -0.4 is 0 Å². The molecule has 5 heteroatoms. The van der Waals surface area contributed by atoms with E-state index in [0.717, 1.165) is 0 Å². The van der Waals surface area contributed by atoms with Gasteiger partial charge in [0.15, 0.2) is 0 Å². The maximum atomic E-state index is 8.56. The summed E-state index contributed by atoms with van der Waals surface area (Å²) in [5.41, 5.74) is 0. The first kappa shape index (κ1) is 15.8. The third-order valence-corrected chi connectivity index (χ3v) is 0. The topological polar surface area (TPSA) is 57.5 Å². The van der Waals surface area contributed by atoms with Gasteiger partial charge in [-0.15, -0.1) is 0 Å². The van der Waals surface area contributed by atoms with Crippen LogP contribution in [0, 0.1) is 37.7 Å². The van der Waals surface area contributed by atoms with E-state index in [4.69, 9.17) is 15.0 Å². The first-order valence-corrected chi connectivity index (χ1v) is 0.651. The Morgan fingerprint density at radius 3 is 1.33 bits per heavy atom. The van der Waals surface area contributed by atoms with Crippen molar-refractivity contribution in [2.45, 2.75) is 0 Å². The predicted octanol–water partition coefficient (Wildman–Crippen LogP) is -0.426. The van der Waals surface area contributed by atoms with E-state index >= 15 is 0 Å². The summed E-state index contributed by atoms with van der Waals surface area (Å²) < 4.78 is 0. The fraction of sp³-hybridized carbons (Fsp3) is 0. The van der Waals surface area contributed by atoms with Gasteiger partial charge in [-0.2, -0.15) is 0 Å². The van der Waals surface area contributed by atoms with Crippen molar-refractivity contribution >= 4 is 75.0 Å². The zero-order valence-corrected chi connectivity index (χ0v) is 2.86. The van der Waals surface area contributed by atoms with Gasteiger partial charge in [0.05, 0.1) is 0 Å². The van der Waals surface area contributed by atoms with E-state index in [1.807, 2.05) is 0 Å². The van der Waals surface area contributed by atoms with Crippen molar-refractivity contribution in [2.24, 2.45) is 0 Å². The van der Waals surface area contributed by atoms with Crippen LogP contribution in [0.2, 0.25) is 0 Å². The molecule has 0 spiro atoms. The molecule has 0 saturated heterocycles. The Morgan fingerprint density at radius 1 is 1.33 bits per heavy atom. The second kappa shape index (κ2) is 10.5. The van der Waals surface area contributed by atoms with Crippen molar-refractivity contribution in [3.8, 4) is 0 Å². The van der Waals surface area contributed by atoms with E-state index in [0.29, 0.717) is 0 Å². The number of hydrogen-bond acceptors (Lipinski definition) is 1. The fourth-order valence-corrected chi connectivity index (χ4v) is 0. The van der Waals surface area contributed by atoms with Crippen LogP contribution >= 0.6 is 0 Å². The van der Waals surface area contributed by atoms with Gasteiger partial charge < -0.3 is 10.2 Å². The fourth-order valence-electron chi connectivity index (χ4n) is 0. The van der Waals surface area contributed by atoms with Crippen LogP contribution in [0.3, 0.4) is 0 Å². The molecule has 0 aromatic rings. The van der Waals surface area contributed by atoms with E-state index in [9.17, 15) is 0 Å². The average Bonchev–Trinajstić information content (AvgIpc) is 0.811. The molecule has 3 nitrogen and oxygen atoms in total. The maximum absolute atomic E-state index is 8.56. The summed E-state index contributed by atoms with van der Waals surface area (Å²) in [6, 6.07) is 0. The third kappa shape index (κ3) is 30.8. The van der Waals surface area contributed by atoms with E-state index in [-0.39, 0.29) is 107 Å². The summed E-state index contributed by atoms with van der Waals surface area (Å²) >= 11 is 0. The van der Waals surface area contributed by atoms with Gasteiger partial charge in [0, 0.05) is 37.7 Å². The molecule has 0 fully saturated rings. The Kier molecular flexibility index (Phi) is 27.8. The molecule has 0 rings (SSSR count). The van der Waals surface area contributed by atoms with Gasteiger partial charge in [0.2, 0.25) is 0 Å². The molecule has 0 unspecified atom stereocenters. The number of carbonyl (C=O) groups is 1. The van der Waals surface area contributed by atoms with Crippen LogP contribution in [-0.4, -0.2) is 85.3 Å². The van der Waals surface area contributed by atoms with Gasteiger partial charge in [-0.05, 0) is 0 Å². The van der Waals surface area contributed by atoms with Crippen molar-refractivity contribution in [3.63, 3.8) is 0 Å². The molecule has 0 atom stereocenters. The summed E-state index contributed by atoms with van der Waals surface area (Å²) in [5.74, 6) is 0. The second-order valence-electron chi connectivity index (χ2n) is 0.283. The summed E-state index contributed by atoms with van der Waals surface area (Å²) in [6.07, 6.45) is -1.83. The van der Waals surface area contributed by atoms with Gasteiger partial charge in [0.25, 0.3) is 0 Å². The van der Waals surface area contributed by atoms with Crippen molar-refractivity contribution in [1.82, 2.24) is 0 Å². The number of hydrogen-bond donors (Lipinski definition) is 2. The molecule has 0 heterocycles. The van der Waals surface area contributed by atoms with Crippen molar-refractivity contribution in [2.75, 3.05) is 0 Å². The van der Waals surface area contributed by atoms with Gasteiger partial charge in [0.1, 0.15) is 0 Å². The van der Waals surface area contributed by atoms with E-state index in [1.54, 1.807) is 0 Å². The Balaban J connectivity index is -0.0000000450. The van der Waals surface area contributed by atoms with E-state index < -0.39 is 6.16 Å². The first-order valence-electron chi connectivity index (χ1n) is 0.651. The molecule has 6 heavy (non-hydrogen) atoms. The molecule has 2 N–H and O–H groups in total. The Labute approximate surface area is 124 Å². The molecule has 0 bridgehead atoms. The van der Waals surface area contributed by atoms with Crippen LogP contribution in [-0.2, 0) is 0 Å². The van der Waals surface area contributed by atoms with Crippen LogP contribution in [0.1, 0.15) is 0 Å². The molecule has 0 aromatic carbocycles. The molecule has 0 aliphatic heterocycles. The normalized spacial score (nSPS) is 4.00. The summed E-state index contributed by atoms with van der Waals surface area (Å²) in [5, 5.41) is 13.9. The second-order valence-corrected chi connectivity index (χ2v) is 0.283. The Hall–Kier alpha value is 2.58. The summed E-state index contributed by atoms with van der Waals surface area (Å²) in [6.45, 7) is 0. The van der Waals surface area contributed by atoms with Gasteiger partial charge in [-0.1, -0.05) is 0 Å². The third-order valence-electron chi connectivity index (χ3n) is 0. The molecule has 0 aliphatic carbocycles. The molecule has 34 valence electrons. The van der Waals surface area contributed by atoms with Crippen molar-refractivity contribution < 1.29 is 52.7 Å². The minimum atomic E-state index is -1.83. The zero-order chi connectivity index (χ0) is 3.58. The molecule has 0 amide bonds. The Morgan fingerprint density at radius 2 is 1.33 bits per heavy atom. The average molecular weight is 236 g/mol. The summed E-state index contributed by atoms with van der Waals surface area (Å²) in [7, 11) is 0. The predicted molar refractivity (Wildman–Crippen MR) is 17.8 cm³/mol. The van der Waals surface area contributed by atoms with Crippen molar-refractivity contribution in [3.05, 3.63) is 0 Å². The first-order chi connectivity index (χ1) is 1.73. The van der Waals surface area contributed by atoms with E-state index in [2.05, 4.69) is 0 Å². The molecule has 0 aromatic heterocycles. The van der Waals surface area contributed by atoms with Crippen LogP contribution in [0.25, 0.3) is 0 Å². The van der Waals surface area contributed by atoms with Gasteiger partial charge >= 0.3 is 75.0 Å². The van der Waals surface area contributed by atoms with Gasteiger partial charge in [-0.25, -0.2) is 4.79 Å². The van der Waals surface area contributed by atoms with E-state index in [1.165, 1.54) is 0 Å². The Bertz CT molecular complexity index is 33.8. The molecular weight excluding hydrogens is 233 g/mol. The number of rotatable bonds is 0. The SMILES string of the molecule is O=C(O)O.[Ar].[CsH]. The van der Waals surface area contributed by atoms with Gasteiger partial charge in [-0.3, -0.25) is 0 Å². The summed E-state index contributed by atoms with van der Waals surface area (Å²) in [4.78, 5) is 8.56. The monoisotopic (exact) mass is 236 g/mol.